The molecule has 3 heterocycles. The first-order chi connectivity index (χ1) is 28.5. The molecule has 0 aliphatic carbocycles. The highest BCUT2D eigenvalue weighted by Crippen LogP contribution is 2.39. The van der Waals surface area contributed by atoms with E-state index >= 15 is 0 Å². The maximum Gasteiger partial charge on any atom is 0.0779 e. The number of nitrogens with two attached hydrogens (primary N) is 1. The van der Waals surface area contributed by atoms with E-state index in [0.717, 1.165) is 22.3 Å². The van der Waals surface area contributed by atoms with E-state index in [4.69, 9.17) is 11.1 Å². The van der Waals surface area contributed by atoms with Crippen LogP contribution in [0, 0.1) is 5.41 Å². The highest BCUT2D eigenvalue weighted by atomic mass is 15.0. The highest BCUT2D eigenvalue weighted by molar-refractivity contribution is 6.22. The number of aryl methyl sites for hydroxylation is 1. The van der Waals surface area contributed by atoms with Gasteiger partial charge in [-0.3, -0.25) is 0 Å². The minimum atomic E-state index is 0.397. The van der Waals surface area contributed by atoms with Gasteiger partial charge in [0.2, 0.25) is 0 Å². The van der Waals surface area contributed by atoms with Gasteiger partial charge in [-0.1, -0.05) is 182 Å². The normalized spacial score (nSPS) is 11.8. The molecular weight excluding hydrogens is 705 g/mol. The average molecular weight is 745 g/mol. The van der Waals surface area contributed by atoms with Crippen LogP contribution in [0.1, 0.15) is 11.1 Å². The highest BCUT2D eigenvalue weighted by Gasteiger charge is 2.17. The van der Waals surface area contributed by atoms with Crippen molar-refractivity contribution >= 4 is 71.3 Å². The molecule has 0 fully saturated rings. The van der Waals surface area contributed by atoms with Gasteiger partial charge in [-0.15, -0.1) is 0 Å². The van der Waals surface area contributed by atoms with Crippen molar-refractivity contribution in [2.45, 2.75) is 0 Å². The van der Waals surface area contributed by atoms with Gasteiger partial charge in [-0.05, 0) is 63.0 Å². The summed E-state index contributed by atoms with van der Waals surface area (Å²) in [6.45, 7) is 0. The van der Waals surface area contributed by atoms with E-state index in [9.17, 15) is 0 Å². The Hall–Kier alpha value is -7.69. The third-order valence-corrected chi connectivity index (χ3v) is 11.4. The van der Waals surface area contributed by atoms with Gasteiger partial charge in [0.25, 0.3) is 0 Å². The van der Waals surface area contributed by atoms with E-state index in [1.54, 1.807) is 6.08 Å². The SMILES string of the molecule is Cn1c2ccccc2c2ccc3cc4c5ccccc5c5ccccc5n4c3c21.N=C(/C=C(\N)c1ccc(-c2ccccc2)cc1)c1ccc(-c2ccccc2)cc1. The van der Waals surface area contributed by atoms with Crippen LogP contribution in [0.4, 0.5) is 0 Å². The van der Waals surface area contributed by atoms with Crippen LogP contribution in [0.3, 0.4) is 0 Å². The molecule has 3 N–H and O–H groups in total. The molecule has 4 nitrogen and oxygen atoms in total. The quantitative estimate of drug-likeness (QED) is 0.134. The lowest BCUT2D eigenvalue weighted by Crippen LogP contribution is -2.02. The molecule has 0 aliphatic heterocycles. The van der Waals surface area contributed by atoms with Crippen molar-refractivity contribution in [1.82, 2.24) is 8.97 Å². The number of nitrogens with zero attached hydrogens (tertiary/aromatic N) is 2. The van der Waals surface area contributed by atoms with Crippen molar-refractivity contribution in [3.8, 4) is 22.3 Å². The molecule has 276 valence electrons. The summed E-state index contributed by atoms with van der Waals surface area (Å²) >= 11 is 0. The predicted octanol–water partition coefficient (Wildman–Crippen LogP) is 13.4. The number of para-hydroxylation sites is 2. The summed E-state index contributed by atoms with van der Waals surface area (Å²) in [6.07, 6.45) is 1.72. The Morgan fingerprint density at radius 3 is 1.50 bits per heavy atom. The van der Waals surface area contributed by atoms with E-state index in [0.29, 0.717) is 11.4 Å². The summed E-state index contributed by atoms with van der Waals surface area (Å²) in [5.41, 5.74) is 20.0. The lowest BCUT2D eigenvalue weighted by molar-refractivity contribution is 1.02. The third kappa shape index (κ3) is 5.99. The van der Waals surface area contributed by atoms with Crippen LogP contribution in [-0.4, -0.2) is 14.7 Å². The van der Waals surface area contributed by atoms with Crippen molar-refractivity contribution in [3.63, 3.8) is 0 Å². The van der Waals surface area contributed by atoms with Gasteiger partial charge in [0.05, 0.1) is 27.8 Å². The molecule has 8 aromatic carbocycles. The molecule has 0 atom stereocenters. The van der Waals surface area contributed by atoms with Gasteiger partial charge in [-0.2, -0.15) is 0 Å². The summed E-state index contributed by atoms with van der Waals surface area (Å²) in [5, 5.41) is 16.2. The molecule has 0 unspecified atom stereocenters. The van der Waals surface area contributed by atoms with E-state index in [-0.39, 0.29) is 0 Å². The molecule has 4 heteroatoms. The van der Waals surface area contributed by atoms with E-state index in [1.165, 1.54) is 71.0 Å². The fourth-order valence-corrected chi connectivity index (χ4v) is 8.52. The van der Waals surface area contributed by atoms with Crippen LogP contribution in [0.5, 0.6) is 0 Å². The monoisotopic (exact) mass is 744 g/mol. The number of rotatable bonds is 5. The number of pyridine rings is 1. The lowest BCUT2D eigenvalue weighted by Gasteiger charge is -2.11. The molecule has 3 aromatic heterocycles. The fourth-order valence-electron chi connectivity index (χ4n) is 8.52. The fraction of sp³-hybridized carbons (Fsp3) is 0.0185. The molecule has 58 heavy (non-hydrogen) atoms. The van der Waals surface area contributed by atoms with Crippen LogP contribution in [-0.2, 0) is 7.05 Å². The zero-order valence-electron chi connectivity index (χ0n) is 32.1. The lowest BCUT2D eigenvalue weighted by atomic mass is 10.00. The Kier molecular flexibility index (Phi) is 8.65. The molecule has 11 rings (SSSR count). The standard InChI is InChI=1S/C27H18N2.C27H22N2/c1-28-23-12-6-4-11-21(23)22-15-14-17-16-25-20-10-3-2-8-18(20)19-9-5-7-13-24(19)29(25)26(17)27(22)28;28-26(24-15-11-22(12-16-24)20-7-3-1-4-8-20)19-27(29)25-17-13-23(14-18-25)21-9-5-2-6-10-21/h2-16H,1H3;1-19,28H,29H2/b;27-19-,28-26?. The summed E-state index contributed by atoms with van der Waals surface area (Å²) < 4.78 is 4.82. The Balaban J connectivity index is 0.000000141. The number of allylic oxidation sites excluding steroid dienone is 1. The van der Waals surface area contributed by atoms with Crippen LogP contribution in [0.2, 0.25) is 0 Å². The zero-order chi connectivity index (χ0) is 39.2. The first-order valence-corrected chi connectivity index (χ1v) is 19.6. The van der Waals surface area contributed by atoms with E-state index < -0.39 is 0 Å². The molecule has 0 radical (unpaired) electrons. The van der Waals surface area contributed by atoms with Gasteiger partial charge >= 0.3 is 0 Å². The summed E-state index contributed by atoms with van der Waals surface area (Å²) in [7, 11) is 2.19. The van der Waals surface area contributed by atoms with E-state index in [2.05, 4.69) is 143 Å². The molecule has 0 aliphatic rings. The first-order valence-electron chi connectivity index (χ1n) is 19.6. The molecule has 0 spiro atoms. The van der Waals surface area contributed by atoms with Gasteiger partial charge < -0.3 is 20.1 Å². The van der Waals surface area contributed by atoms with Crippen molar-refractivity contribution in [3.05, 3.63) is 217 Å². The number of fused-ring (bicyclic) bond motifs is 12. The molecular formula is C54H40N4. The van der Waals surface area contributed by atoms with Gasteiger partial charge in [0.15, 0.2) is 0 Å². The Labute approximate surface area is 336 Å². The Bertz CT molecular complexity index is 3330. The smallest absolute Gasteiger partial charge is 0.0779 e. The molecule has 0 bridgehead atoms. The predicted molar refractivity (Wildman–Crippen MR) is 247 cm³/mol. The van der Waals surface area contributed by atoms with Crippen LogP contribution >= 0.6 is 0 Å². The van der Waals surface area contributed by atoms with Crippen molar-refractivity contribution in [2.24, 2.45) is 12.8 Å². The third-order valence-electron chi connectivity index (χ3n) is 11.4. The second-order valence-electron chi connectivity index (χ2n) is 14.8. The van der Waals surface area contributed by atoms with Crippen LogP contribution in [0.25, 0.3) is 87.9 Å². The maximum atomic E-state index is 8.40. The van der Waals surface area contributed by atoms with Gasteiger partial charge in [-0.25, -0.2) is 0 Å². The maximum absolute atomic E-state index is 8.40. The van der Waals surface area contributed by atoms with Gasteiger partial charge in [0.1, 0.15) is 0 Å². The second kappa shape index (κ2) is 14.4. The number of nitrogens with one attached hydrogen (secondary N) is 1. The molecule has 0 amide bonds. The minimum absolute atomic E-state index is 0.397. The first kappa shape index (κ1) is 34.8. The van der Waals surface area contributed by atoms with Gasteiger partial charge in [0, 0.05) is 45.2 Å². The summed E-state index contributed by atoms with van der Waals surface area (Å²) in [4.78, 5) is 0. The van der Waals surface area contributed by atoms with Crippen molar-refractivity contribution in [1.29, 1.82) is 5.41 Å². The van der Waals surface area contributed by atoms with Crippen LogP contribution < -0.4 is 5.73 Å². The number of hydrogen-bond donors (Lipinski definition) is 2. The van der Waals surface area contributed by atoms with Crippen molar-refractivity contribution in [2.75, 3.05) is 0 Å². The Morgan fingerprint density at radius 2 is 0.897 bits per heavy atom. The van der Waals surface area contributed by atoms with E-state index in [1.807, 2.05) is 72.8 Å². The molecule has 0 saturated carbocycles. The zero-order valence-corrected chi connectivity index (χ0v) is 32.1. The Morgan fingerprint density at radius 1 is 0.431 bits per heavy atom. The number of benzene rings is 8. The number of aromatic nitrogens is 2. The topological polar surface area (TPSA) is 59.2 Å². The van der Waals surface area contributed by atoms with Crippen LogP contribution in [0.15, 0.2) is 206 Å². The average Bonchev–Trinajstić information content (AvgIpc) is 3.83. The molecule has 0 saturated heterocycles. The van der Waals surface area contributed by atoms with Crippen molar-refractivity contribution < 1.29 is 0 Å². The summed E-state index contributed by atoms with van der Waals surface area (Å²) in [5.74, 6) is 0. The second-order valence-corrected chi connectivity index (χ2v) is 14.8. The molecule has 11 aromatic rings. The largest absolute Gasteiger partial charge is 0.398 e. The minimum Gasteiger partial charge on any atom is -0.398 e. The number of hydrogen-bond acceptors (Lipinski definition) is 2. The summed E-state index contributed by atoms with van der Waals surface area (Å²) in [6, 6.07) is 69.7.